The summed E-state index contributed by atoms with van der Waals surface area (Å²) < 4.78 is 39.6. The second-order valence-electron chi connectivity index (χ2n) is 7.77. The van der Waals surface area contributed by atoms with Gasteiger partial charge in [0.1, 0.15) is 11.5 Å². The molecule has 5 nitrogen and oxygen atoms in total. The summed E-state index contributed by atoms with van der Waals surface area (Å²) in [6.07, 6.45) is 4.49. The van der Waals surface area contributed by atoms with Crippen molar-refractivity contribution in [2.45, 2.75) is 57.0 Å². The van der Waals surface area contributed by atoms with Gasteiger partial charge in [0, 0.05) is 30.8 Å². The summed E-state index contributed by atoms with van der Waals surface area (Å²) in [7, 11) is 0. The summed E-state index contributed by atoms with van der Waals surface area (Å²) >= 11 is 0. The summed E-state index contributed by atoms with van der Waals surface area (Å²) in [4.78, 5) is 24.0. The fourth-order valence-corrected chi connectivity index (χ4v) is 4.12. The molecule has 0 spiro atoms. The molecule has 1 aliphatic heterocycles. The standard InChI is InChI=1S/C19H23F3N4O/c1-17(10-15(23)27)9-13(11-24-12-17)18(6-3-2-4-7-18)16-25-8-5-14(26-16)19(20,21)22/h5,8-9,11H,2-4,6-7,10,12H2,1H3,(H2,23,27). The lowest BCUT2D eigenvalue weighted by Gasteiger charge is -2.40. The SMILES string of the molecule is CC1(CC(N)=O)C=C(C2(c3nccc(C(F)(F)F)n3)CCCCC2)C=NC1. The van der Waals surface area contributed by atoms with Crippen molar-refractivity contribution in [2.24, 2.45) is 16.1 Å². The molecule has 3 rings (SSSR count). The highest BCUT2D eigenvalue weighted by atomic mass is 19.4. The molecule has 1 atom stereocenters. The van der Waals surface area contributed by atoms with Crippen LogP contribution in [0.15, 0.2) is 28.9 Å². The number of primary amides is 1. The second kappa shape index (κ2) is 7.05. The number of hydrogen-bond donors (Lipinski definition) is 1. The van der Waals surface area contributed by atoms with Crippen LogP contribution in [0.25, 0.3) is 0 Å². The van der Waals surface area contributed by atoms with Gasteiger partial charge in [-0.25, -0.2) is 9.97 Å². The molecule has 146 valence electrons. The van der Waals surface area contributed by atoms with Gasteiger partial charge < -0.3 is 5.73 Å². The van der Waals surface area contributed by atoms with Crippen molar-refractivity contribution in [2.75, 3.05) is 6.54 Å². The van der Waals surface area contributed by atoms with Gasteiger partial charge in [0.25, 0.3) is 0 Å². The topological polar surface area (TPSA) is 81.2 Å². The zero-order valence-corrected chi connectivity index (χ0v) is 15.2. The predicted octanol–water partition coefficient (Wildman–Crippen LogP) is 3.59. The van der Waals surface area contributed by atoms with Crippen molar-refractivity contribution >= 4 is 12.1 Å². The molecule has 0 radical (unpaired) electrons. The highest BCUT2D eigenvalue weighted by Crippen LogP contribution is 2.46. The number of allylic oxidation sites excluding steroid dienone is 1. The molecule has 27 heavy (non-hydrogen) atoms. The van der Waals surface area contributed by atoms with Crippen molar-refractivity contribution in [3.63, 3.8) is 0 Å². The molecule has 1 aromatic heterocycles. The Kier molecular flexibility index (Phi) is 5.10. The first-order valence-electron chi connectivity index (χ1n) is 9.07. The van der Waals surface area contributed by atoms with Crippen molar-refractivity contribution in [3.8, 4) is 0 Å². The highest BCUT2D eigenvalue weighted by Gasteiger charge is 2.43. The van der Waals surface area contributed by atoms with Gasteiger partial charge in [0.2, 0.25) is 5.91 Å². The number of aromatic nitrogens is 2. The summed E-state index contributed by atoms with van der Waals surface area (Å²) in [5.41, 5.74) is 3.95. The molecule has 2 heterocycles. The molecule has 1 amide bonds. The zero-order chi connectivity index (χ0) is 19.7. The fraction of sp³-hybridized carbons (Fsp3) is 0.579. The zero-order valence-electron chi connectivity index (χ0n) is 15.2. The van der Waals surface area contributed by atoms with E-state index in [1.807, 2.05) is 13.0 Å². The number of amides is 1. The van der Waals surface area contributed by atoms with Gasteiger partial charge in [-0.15, -0.1) is 0 Å². The summed E-state index contributed by atoms with van der Waals surface area (Å²) in [6.45, 7) is 2.30. The molecule has 1 aliphatic carbocycles. The van der Waals surface area contributed by atoms with Crippen LogP contribution in [0, 0.1) is 5.41 Å². The smallest absolute Gasteiger partial charge is 0.370 e. The fourth-order valence-electron chi connectivity index (χ4n) is 4.12. The second-order valence-corrected chi connectivity index (χ2v) is 7.77. The molecule has 1 fully saturated rings. The Bertz CT molecular complexity index is 781. The number of carbonyl (C=O) groups excluding carboxylic acids is 1. The van der Waals surface area contributed by atoms with E-state index in [1.54, 1.807) is 6.21 Å². The van der Waals surface area contributed by atoms with Crippen LogP contribution in [-0.2, 0) is 16.4 Å². The van der Waals surface area contributed by atoms with Crippen LogP contribution in [-0.4, -0.2) is 28.6 Å². The van der Waals surface area contributed by atoms with Gasteiger partial charge in [0.05, 0.1) is 5.41 Å². The average Bonchev–Trinajstić information content (AvgIpc) is 2.60. The molecule has 1 saturated carbocycles. The maximum atomic E-state index is 13.2. The lowest BCUT2D eigenvalue weighted by atomic mass is 9.66. The van der Waals surface area contributed by atoms with E-state index in [-0.39, 0.29) is 12.2 Å². The Labute approximate surface area is 156 Å². The first-order valence-corrected chi connectivity index (χ1v) is 9.07. The highest BCUT2D eigenvalue weighted by molar-refractivity contribution is 5.84. The number of dihydropyridines is 1. The summed E-state index contributed by atoms with van der Waals surface area (Å²) in [6, 6.07) is 0.889. The van der Waals surface area contributed by atoms with Gasteiger partial charge in [-0.05, 0) is 24.5 Å². The lowest BCUT2D eigenvalue weighted by molar-refractivity contribution is -0.141. The molecule has 2 N–H and O–H groups in total. The molecule has 8 heteroatoms. The van der Waals surface area contributed by atoms with Gasteiger partial charge in [-0.2, -0.15) is 13.2 Å². The molecular weight excluding hydrogens is 357 g/mol. The van der Waals surface area contributed by atoms with E-state index in [0.29, 0.717) is 19.4 Å². The molecule has 2 aliphatic rings. The predicted molar refractivity (Wildman–Crippen MR) is 95.2 cm³/mol. The van der Waals surface area contributed by atoms with Crippen molar-refractivity contribution in [3.05, 3.63) is 35.4 Å². The third-order valence-electron chi connectivity index (χ3n) is 5.40. The minimum atomic E-state index is -4.52. The van der Waals surface area contributed by atoms with Crippen molar-refractivity contribution in [1.29, 1.82) is 0 Å². The Morgan fingerprint density at radius 3 is 2.59 bits per heavy atom. The number of halogens is 3. The Morgan fingerprint density at radius 2 is 1.96 bits per heavy atom. The molecule has 0 saturated heterocycles. The van der Waals surface area contributed by atoms with Crippen LogP contribution in [0.3, 0.4) is 0 Å². The maximum absolute atomic E-state index is 13.2. The first kappa shape index (κ1) is 19.5. The molecule has 1 aromatic rings. The van der Waals surface area contributed by atoms with Gasteiger partial charge in [-0.3, -0.25) is 9.79 Å². The van der Waals surface area contributed by atoms with Crippen LogP contribution in [0.2, 0.25) is 0 Å². The number of nitrogens with zero attached hydrogens (tertiary/aromatic N) is 3. The van der Waals surface area contributed by atoms with Gasteiger partial charge in [0.15, 0.2) is 0 Å². The van der Waals surface area contributed by atoms with Crippen LogP contribution < -0.4 is 5.73 Å². The van der Waals surface area contributed by atoms with Gasteiger partial charge in [-0.1, -0.05) is 32.3 Å². The third-order valence-corrected chi connectivity index (χ3v) is 5.40. The first-order chi connectivity index (χ1) is 12.6. The molecule has 1 unspecified atom stereocenters. The van der Waals surface area contributed by atoms with Crippen molar-refractivity contribution < 1.29 is 18.0 Å². The van der Waals surface area contributed by atoms with Crippen LogP contribution >= 0.6 is 0 Å². The molecule has 0 aromatic carbocycles. The number of nitrogens with two attached hydrogens (primary N) is 1. The van der Waals surface area contributed by atoms with Crippen LogP contribution in [0.1, 0.15) is 57.0 Å². The van der Waals surface area contributed by atoms with Crippen LogP contribution in [0.5, 0.6) is 0 Å². The van der Waals surface area contributed by atoms with E-state index < -0.39 is 28.6 Å². The third kappa shape index (κ3) is 4.04. The van der Waals surface area contributed by atoms with Crippen molar-refractivity contribution in [1.82, 2.24) is 9.97 Å². The Morgan fingerprint density at radius 1 is 1.26 bits per heavy atom. The number of rotatable bonds is 4. The quantitative estimate of drug-likeness (QED) is 0.867. The summed E-state index contributed by atoms with van der Waals surface area (Å²) in [5, 5.41) is 0. The minimum absolute atomic E-state index is 0.132. The van der Waals surface area contributed by atoms with E-state index in [2.05, 4.69) is 15.0 Å². The lowest BCUT2D eigenvalue weighted by Crippen LogP contribution is -2.38. The minimum Gasteiger partial charge on any atom is -0.370 e. The molecule has 0 bridgehead atoms. The number of alkyl halides is 3. The largest absolute Gasteiger partial charge is 0.433 e. The monoisotopic (exact) mass is 380 g/mol. The number of aliphatic imine (C=N–C) groups is 1. The normalized spacial score (nSPS) is 25.1. The van der Waals surface area contributed by atoms with Crippen LogP contribution in [0.4, 0.5) is 13.2 Å². The van der Waals surface area contributed by atoms with E-state index in [4.69, 9.17) is 5.73 Å². The van der Waals surface area contributed by atoms with Gasteiger partial charge >= 0.3 is 6.18 Å². The number of hydrogen-bond acceptors (Lipinski definition) is 4. The maximum Gasteiger partial charge on any atom is 0.433 e. The Balaban J connectivity index is 2.09. The Hall–Kier alpha value is -2.25. The van der Waals surface area contributed by atoms with E-state index in [0.717, 1.165) is 30.9 Å². The van der Waals surface area contributed by atoms with E-state index in [9.17, 15) is 18.0 Å². The van der Waals surface area contributed by atoms with E-state index in [1.165, 1.54) is 6.20 Å². The van der Waals surface area contributed by atoms with E-state index >= 15 is 0 Å². The summed E-state index contributed by atoms with van der Waals surface area (Å²) in [5.74, 6) is -0.253. The molecular formula is C19H23F3N4O. The average molecular weight is 380 g/mol. The number of carbonyl (C=O) groups is 1.